The van der Waals surface area contributed by atoms with Gasteiger partial charge in [0.1, 0.15) is 21.3 Å². The van der Waals surface area contributed by atoms with Gasteiger partial charge in [-0.25, -0.2) is 4.98 Å². The van der Waals surface area contributed by atoms with Gasteiger partial charge in [-0.1, -0.05) is 0 Å². The number of pyridine rings is 1. The molecule has 0 atom stereocenters. The summed E-state index contributed by atoms with van der Waals surface area (Å²) in [6.07, 6.45) is -4.62. The first kappa shape index (κ1) is 12.2. The van der Waals surface area contributed by atoms with Gasteiger partial charge in [0.2, 0.25) is 0 Å². The van der Waals surface area contributed by atoms with Crippen LogP contribution in [0.1, 0.15) is 12.2 Å². The van der Waals surface area contributed by atoms with Crippen LogP contribution in [-0.2, 0) is 6.18 Å². The molecule has 17 heavy (non-hydrogen) atoms. The Hall–Kier alpha value is -1.25. The summed E-state index contributed by atoms with van der Waals surface area (Å²) in [5.74, 6) is 0. The summed E-state index contributed by atoms with van der Waals surface area (Å²) < 4.78 is 61.9. The molecule has 0 saturated carbocycles. The molecular weight excluding hydrogens is 313 g/mol. The van der Waals surface area contributed by atoms with Crippen molar-refractivity contribution in [2.24, 2.45) is 0 Å². The predicted octanol–water partition coefficient (Wildman–Crippen LogP) is 3.61. The lowest BCUT2D eigenvalue weighted by atomic mass is 10.3. The average Bonchev–Trinajstić information content (AvgIpc) is 2.54. The van der Waals surface area contributed by atoms with Crippen LogP contribution in [0.15, 0.2) is 16.7 Å². The van der Waals surface area contributed by atoms with E-state index in [1.807, 2.05) is 0 Å². The maximum atomic E-state index is 12.4. The second kappa shape index (κ2) is 3.90. The van der Waals surface area contributed by atoms with Crippen molar-refractivity contribution in [3.8, 4) is 0 Å². The maximum Gasteiger partial charge on any atom is 0.433 e. The van der Waals surface area contributed by atoms with Crippen molar-refractivity contribution in [3.63, 3.8) is 0 Å². The molecule has 0 saturated heterocycles. The van der Waals surface area contributed by atoms with Crippen molar-refractivity contribution in [3.05, 3.63) is 22.4 Å². The summed E-state index contributed by atoms with van der Waals surface area (Å²) >= 11 is 2.74. The standard InChI is InChI=1S/C8H3BrF5N3/c9-6-5-3(16-17(6)7(10)11)1-2-4(15-5)8(12,13)14/h1-2,7H. The van der Waals surface area contributed by atoms with Crippen molar-refractivity contribution in [2.75, 3.05) is 0 Å². The fourth-order valence-corrected chi connectivity index (χ4v) is 1.77. The molecule has 0 aliphatic rings. The molecule has 0 aromatic carbocycles. The summed E-state index contributed by atoms with van der Waals surface area (Å²) in [6, 6.07) is 1.69. The van der Waals surface area contributed by atoms with Gasteiger partial charge in [0.05, 0.1) is 0 Å². The van der Waals surface area contributed by atoms with Crippen LogP contribution in [0.25, 0.3) is 11.0 Å². The molecular formula is C8H3BrF5N3. The van der Waals surface area contributed by atoms with Gasteiger partial charge < -0.3 is 0 Å². The SMILES string of the molecule is FC(F)n1nc2ccc(C(F)(F)F)nc2c1Br. The Morgan fingerprint density at radius 3 is 2.41 bits per heavy atom. The van der Waals surface area contributed by atoms with Crippen LogP contribution in [0.4, 0.5) is 22.0 Å². The Kier molecular flexibility index (Phi) is 2.80. The minimum Gasteiger partial charge on any atom is -0.239 e. The number of nitrogens with zero attached hydrogens (tertiary/aromatic N) is 3. The highest BCUT2D eigenvalue weighted by Gasteiger charge is 2.33. The first-order chi connectivity index (χ1) is 7.80. The number of hydrogen-bond donors (Lipinski definition) is 0. The molecule has 0 unspecified atom stereocenters. The molecule has 0 aliphatic heterocycles. The van der Waals surface area contributed by atoms with Crippen molar-refractivity contribution < 1.29 is 22.0 Å². The molecule has 0 bridgehead atoms. The summed E-state index contributed by atoms with van der Waals surface area (Å²) in [7, 11) is 0. The van der Waals surface area contributed by atoms with Gasteiger partial charge in [-0.2, -0.15) is 31.7 Å². The highest BCUT2D eigenvalue weighted by molar-refractivity contribution is 9.10. The van der Waals surface area contributed by atoms with Gasteiger partial charge in [-0.05, 0) is 28.1 Å². The van der Waals surface area contributed by atoms with Gasteiger partial charge >= 0.3 is 12.7 Å². The third-order valence-electron chi connectivity index (χ3n) is 1.96. The first-order valence-corrected chi connectivity index (χ1v) is 5.00. The Bertz CT molecular complexity index is 562. The van der Waals surface area contributed by atoms with Crippen LogP contribution < -0.4 is 0 Å². The van der Waals surface area contributed by atoms with Gasteiger partial charge in [0.25, 0.3) is 0 Å². The van der Waals surface area contributed by atoms with E-state index in [0.717, 1.165) is 6.07 Å². The van der Waals surface area contributed by atoms with E-state index in [2.05, 4.69) is 26.0 Å². The predicted molar refractivity (Wildman–Crippen MR) is 51.5 cm³/mol. The van der Waals surface area contributed by atoms with Crippen LogP contribution in [0.5, 0.6) is 0 Å². The topological polar surface area (TPSA) is 30.7 Å². The Labute approximate surface area is 99.4 Å². The van der Waals surface area contributed by atoms with Crippen LogP contribution in [0, 0.1) is 0 Å². The minimum atomic E-state index is -4.62. The molecule has 3 nitrogen and oxygen atoms in total. The zero-order valence-electron chi connectivity index (χ0n) is 7.84. The molecule has 0 N–H and O–H groups in total. The zero-order valence-corrected chi connectivity index (χ0v) is 9.43. The van der Waals surface area contributed by atoms with Gasteiger partial charge in [-0.3, -0.25) is 0 Å². The van der Waals surface area contributed by atoms with Crippen LogP contribution in [0.3, 0.4) is 0 Å². The van der Waals surface area contributed by atoms with E-state index < -0.39 is 18.4 Å². The third-order valence-corrected chi connectivity index (χ3v) is 2.70. The number of alkyl halides is 5. The lowest BCUT2D eigenvalue weighted by molar-refractivity contribution is -0.140. The molecule has 92 valence electrons. The van der Waals surface area contributed by atoms with E-state index in [-0.39, 0.29) is 20.3 Å². The summed E-state index contributed by atoms with van der Waals surface area (Å²) in [5, 5.41) is 3.42. The molecule has 2 aromatic heterocycles. The largest absolute Gasteiger partial charge is 0.433 e. The average molecular weight is 316 g/mol. The van der Waals surface area contributed by atoms with E-state index in [1.54, 1.807) is 0 Å². The van der Waals surface area contributed by atoms with Gasteiger partial charge in [0.15, 0.2) is 0 Å². The van der Waals surface area contributed by atoms with Gasteiger partial charge in [-0.15, -0.1) is 0 Å². The fraction of sp³-hybridized carbons (Fsp3) is 0.250. The second-order valence-corrected chi connectivity index (χ2v) is 3.83. The lowest BCUT2D eigenvalue weighted by Gasteiger charge is -2.04. The number of rotatable bonds is 1. The molecule has 0 spiro atoms. The molecule has 2 heterocycles. The van der Waals surface area contributed by atoms with Gasteiger partial charge in [0, 0.05) is 0 Å². The fourth-order valence-electron chi connectivity index (χ4n) is 1.24. The summed E-state index contributed by atoms with van der Waals surface area (Å²) in [6.45, 7) is -2.95. The summed E-state index contributed by atoms with van der Waals surface area (Å²) in [4.78, 5) is 3.26. The number of aromatic nitrogens is 3. The highest BCUT2D eigenvalue weighted by atomic mass is 79.9. The Morgan fingerprint density at radius 1 is 1.24 bits per heavy atom. The van der Waals surface area contributed by atoms with Crippen molar-refractivity contribution in [2.45, 2.75) is 12.7 Å². The Balaban J connectivity index is 2.66. The zero-order chi connectivity index (χ0) is 12.8. The van der Waals surface area contributed by atoms with E-state index in [4.69, 9.17) is 0 Å². The van der Waals surface area contributed by atoms with E-state index in [1.165, 1.54) is 0 Å². The highest BCUT2D eigenvalue weighted by Crippen LogP contribution is 2.32. The van der Waals surface area contributed by atoms with Crippen molar-refractivity contribution in [1.82, 2.24) is 14.8 Å². The first-order valence-electron chi connectivity index (χ1n) is 4.21. The maximum absolute atomic E-state index is 12.4. The normalized spacial score (nSPS) is 12.6. The molecule has 9 heteroatoms. The second-order valence-electron chi connectivity index (χ2n) is 3.08. The Morgan fingerprint density at radius 2 is 1.88 bits per heavy atom. The van der Waals surface area contributed by atoms with E-state index in [9.17, 15) is 22.0 Å². The van der Waals surface area contributed by atoms with Crippen molar-refractivity contribution in [1.29, 1.82) is 0 Å². The smallest absolute Gasteiger partial charge is 0.239 e. The van der Waals surface area contributed by atoms with Crippen LogP contribution >= 0.6 is 15.9 Å². The monoisotopic (exact) mass is 315 g/mol. The molecule has 0 amide bonds. The number of fused-ring (bicyclic) bond motifs is 1. The molecule has 2 rings (SSSR count). The molecule has 2 aromatic rings. The lowest BCUT2D eigenvalue weighted by Crippen LogP contribution is -2.07. The molecule has 0 fully saturated rings. The van der Waals surface area contributed by atoms with Crippen LogP contribution in [0.2, 0.25) is 0 Å². The molecule has 0 radical (unpaired) electrons. The number of hydrogen-bond acceptors (Lipinski definition) is 2. The number of halogens is 6. The third kappa shape index (κ3) is 2.11. The van der Waals surface area contributed by atoms with Crippen molar-refractivity contribution >= 4 is 27.0 Å². The van der Waals surface area contributed by atoms with E-state index >= 15 is 0 Å². The van der Waals surface area contributed by atoms with E-state index in [0.29, 0.717) is 6.07 Å². The molecule has 0 aliphatic carbocycles. The minimum absolute atomic E-state index is 0.0369. The van der Waals surface area contributed by atoms with Crippen LogP contribution in [-0.4, -0.2) is 14.8 Å². The quantitative estimate of drug-likeness (QED) is 0.753. The summed E-state index contributed by atoms with van der Waals surface area (Å²) in [5.41, 5.74) is -1.44.